The summed E-state index contributed by atoms with van der Waals surface area (Å²) in [5.41, 5.74) is 0.0619. The lowest BCUT2D eigenvalue weighted by molar-refractivity contribution is -0.150. The minimum atomic E-state index is -0.980. The minimum Gasteiger partial charge on any atom is -0.363 e. The van der Waals surface area contributed by atoms with Gasteiger partial charge in [-0.15, -0.1) is 0 Å². The molecule has 0 bridgehead atoms. The number of imide groups is 2. The van der Waals surface area contributed by atoms with Crippen molar-refractivity contribution in [2.24, 2.45) is 0 Å². The highest BCUT2D eigenvalue weighted by molar-refractivity contribution is 6.18. The molecule has 106 valence electrons. The molecule has 2 aliphatic heterocycles. The SMILES string of the molecule is CN(CC=O)C1=CC(=O)N(C2CCC(=O)NC2=O)C1=O. The Morgan fingerprint density at radius 3 is 2.70 bits per heavy atom. The predicted octanol–water partition coefficient (Wildman–Crippen LogP) is -1.82. The van der Waals surface area contributed by atoms with E-state index in [4.69, 9.17) is 0 Å². The summed E-state index contributed by atoms with van der Waals surface area (Å²) in [5.74, 6) is -2.32. The minimum absolute atomic E-state index is 0.0337. The fourth-order valence-electron chi connectivity index (χ4n) is 2.18. The topological polar surface area (TPSA) is 104 Å². The molecule has 8 nitrogen and oxygen atoms in total. The van der Waals surface area contributed by atoms with Gasteiger partial charge in [-0.3, -0.25) is 29.4 Å². The van der Waals surface area contributed by atoms with E-state index in [0.29, 0.717) is 6.29 Å². The lowest BCUT2D eigenvalue weighted by Crippen LogP contribution is -2.54. The van der Waals surface area contributed by atoms with Crippen molar-refractivity contribution >= 4 is 29.9 Å². The van der Waals surface area contributed by atoms with Crippen molar-refractivity contribution in [2.45, 2.75) is 18.9 Å². The van der Waals surface area contributed by atoms with E-state index in [9.17, 15) is 24.0 Å². The van der Waals surface area contributed by atoms with Crippen LogP contribution in [0.5, 0.6) is 0 Å². The van der Waals surface area contributed by atoms with E-state index in [1.807, 2.05) is 0 Å². The molecule has 0 saturated carbocycles. The van der Waals surface area contributed by atoms with Gasteiger partial charge in [0.15, 0.2) is 0 Å². The Morgan fingerprint density at radius 1 is 1.40 bits per heavy atom. The summed E-state index contributed by atoms with van der Waals surface area (Å²) in [6, 6.07) is -0.980. The molecular weight excluding hydrogens is 266 g/mol. The standard InChI is InChI=1S/C12H13N3O5/c1-14(4-5-16)8-6-10(18)15(12(8)20)7-2-3-9(17)13-11(7)19/h5-7H,2-4H2,1H3,(H,13,17,19). The Bertz CT molecular complexity index is 539. The number of hydrogen-bond donors (Lipinski definition) is 1. The molecule has 0 aliphatic carbocycles. The third-order valence-electron chi connectivity index (χ3n) is 3.22. The zero-order valence-electron chi connectivity index (χ0n) is 10.8. The Labute approximate surface area is 114 Å². The van der Waals surface area contributed by atoms with E-state index in [1.54, 1.807) is 0 Å². The molecule has 0 radical (unpaired) electrons. The normalized spacial score (nSPS) is 22.8. The van der Waals surface area contributed by atoms with Gasteiger partial charge in [-0.1, -0.05) is 0 Å². The zero-order valence-corrected chi connectivity index (χ0v) is 10.8. The third-order valence-corrected chi connectivity index (χ3v) is 3.22. The zero-order chi connectivity index (χ0) is 14.9. The molecule has 0 aromatic carbocycles. The molecule has 0 aromatic heterocycles. The van der Waals surface area contributed by atoms with Crippen molar-refractivity contribution < 1.29 is 24.0 Å². The van der Waals surface area contributed by atoms with Crippen molar-refractivity contribution in [1.29, 1.82) is 0 Å². The van der Waals surface area contributed by atoms with Gasteiger partial charge in [0, 0.05) is 19.5 Å². The number of hydrogen-bond acceptors (Lipinski definition) is 6. The number of nitrogens with one attached hydrogen (secondary N) is 1. The highest BCUT2D eigenvalue weighted by atomic mass is 16.2. The van der Waals surface area contributed by atoms with Gasteiger partial charge in [-0.2, -0.15) is 0 Å². The van der Waals surface area contributed by atoms with Crippen molar-refractivity contribution in [3.05, 3.63) is 11.8 Å². The van der Waals surface area contributed by atoms with E-state index in [-0.39, 0.29) is 25.1 Å². The van der Waals surface area contributed by atoms with Crippen LogP contribution < -0.4 is 5.32 Å². The summed E-state index contributed by atoms with van der Waals surface area (Å²) in [7, 11) is 1.50. The molecule has 20 heavy (non-hydrogen) atoms. The van der Waals surface area contributed by atoms with Gasteiger partial charge in [0.1, 0.15) is 18.0 Å². The van der Waals surface area contributed by atoms with E-state index in [1.165, 1.54) is 11.9 Å². The number of carbonyl (C=O) groups excluding carboxylic acids is 5. The van der Waals surface area contributed by atoms with Crippen LogP contribution >= 0.6 is 0 Å². The summed E-state index contributed by atoms with van der Waals surface area (Å²) in [6.07, 6.45) is 1.89. The largest absolute Gasteiger partial charge is 0.363 e. The highest BCUT2D eigenvalue weighted by Crippen LogP contribution is 2.22. The molecule has 0 spiro atoms. The van der Waals surface area contributed by atoms with Crippen molar-refractivity contribution in [3.63, 3.8) is 0 Å². The van der Waals surface area contributed by atoms with Gasteiger partial charge in [0.25, 0.3) is 11.8 Å². The second-order valence-electron chi connectivity index (χ2n) is 4.56. The lowest BCUT2D eigenvalue weighted by Gasteiger charge is -2.28. The van der Waals surface area contributed by atoms with Gasteiger partial charge in [-0.05, 0) is 6.42 Å². The van der Waals surface area contributed by atoms with Crippen molar-refractivity contribution in [1.82, 2.24) is 15.1 Å². The number of rotatable bonds is 4. The summed E-state index contributed by atoms with van der Waals surface area (Å²) >= 11 is 0. The van der Waals surface area contributed by atoms with Crippen LogP contribution in [0.3, 0.4) is 0 Å². The average Bonchev–Trinajstić information content (AvgIpc) is 2.66. The Balaban J connectivity index is 2.18. The summed E-state index contributed by atoms with van der Waals surface area (Å²) in [4.78, 5) is 59.5. The first kappa shape index (κ1) is 13.9. The second kappa shape index (κ2) is 5.24. The second-order valence-corrected chi connectivity index (χ2v) is 4.56. The molecule has 1 unspecified atom stereocenters. The molecule has 1 fully saturated rings. The molecule has 2 rings (SSSR count). The van der Waals surface area contributed by atoms with Crippen LogP contribution in [0.4, 0.5) is 0 Å². The summed E-state index contributed by atoms with van der Waals surface area (Å²) < 4.78 is 0. The number of likely N-dealkylation sites (N-methyl/N-ethyl adjacent to an activating group) is 1. The molecule has 1 atom stereocenters. The summed E-state index contributed by atoms with van der Waals surface area (Å²) in [5, 5.41) is 2.10. The van der Waals surface area contributed by atoms with Crippen LogP contribution in [0.1, 0.15) is 12.8 Å². The fraction of sp³-hybridized carbons (Fsp3) is 0.417. The van der Waals surface area contributed by atoms with Gasteiger partial charge in [0.05, 0.1) is 6.54 Å². The number of aldehydes is 1. The highest BCUT2D eigenvalue weighted by Gasteiger charge is 2.42. The number of nitrogens with zero attached hydrogens (tertiary/aromatic N) is 2. The van der Waals surface area contributed by atoms with Gasteiger partial charge >= 0.3 is 0 Å². The van der Waals surface area contributed by atoms with Crippen LogP contribution in [0.15, 0.2) is 11.8 Å². The third kappa shape index (κ3) is 2.31. The van der Waals surface area contributed by atoms with Gasteiger partial charge < -0.3 is 9.69 Å². The van der Waals surface area contributed by atoms with E-state index >= 15 is 0 Å². The molecule has 8 heteroatoms. The molecule has 2 aliphatic rings. The average molecular weight is 279 g/mol. The first-order chi connectivity index (χ1) is 9.45. The van der Waals surface area contributed by atoms with Crippen molar-refractivity contribution in [2.75, 3.05) is 13.6 Å². The van der Waals surface area contributed by atoms with Gasteiger partial charge in [-0.25, -0.2) is 0 Å². The number of amides is 4. The maximum absolute atomic E-state index is 12.2. The molecule has 2 heterocycles. The van der Waals surface area contributed by atoms with E-state index in [0.717, 1.165) is 11.0 Å². The molecule has 1 saturated heterocycles. The molecule has 1 N–H and O–H groups in total. The number of carbonyl (C=O) groups is 5. The molecular formula is C12H13N3O5. The Hall–Kier alpha value is -2.51. The molecule has 0 aromatic rings. The fourth-order valence-corrected chi connectivity index (χ4v) is 2.18. The monoisotopic (exact) mass is 279 g/mol. The van der Waals surface area contributed by atoms with E-state index in [2.05, 4.69) is 5.32 Å². The van der Waals surface area contributed by atoms with Crippen molar-refractivity contribution in [3.8, 4) is 0 Å². The molecule has 4 amide bonds. The Kier molecular flexibility index (Phi) is 3.64. The van der Waals surface area contributed by atoms with Crippen LogP contribution in [0.2, 0.25) is 0 Å². The number of piperidine rings is 1. The summed E-state index contributed by atoms with van der Waals surface area (Å²) in [6.45, 7) is -0.0337. The quantitative estimate of drug-likeness (QED) is 0.480. The van der Waals surface area contributed by atoms with Crippen LogP contribution in [0.25, 0.3) is 0 Å². The Morgan fingerprint density at radius 2 is 2.10 bits per heavy atom. The lowest BCUT2D eigenvalue weighted by atomic mass is 10.0. The smallest absolute Gasteiger partial charge is 0.277 e. The maximum atomic E-state index is 12.2. The van der Waals surface area contributed by atoms with E-state index < -0.39 is 29.7 Å². The van der Waals surface area contributed by atoms with Gasteiger partial charge in [0.2, 0.25) is 11.8 Å². The first-order valence-corrected chi connectivity index (χ1v) is 6.03. The maximum Gasteiger partial charge on any atom is 0.277 e. The van der Waals surface area contributed by atoms with Crippen LogP contribution in [0, 0.1) is 0 Å². The van der Waals surface area contributed by atoms with Crippen LogP contribution in [-0.4, -0.2) is 59.3 Å². The predicted molar refractivity (Wildman–Crippen MR) is 64.8 cm³/mol. The first-order valence-electron chi connectivity index (χ1n) is 6.03. The van der Waals surface area contributed by atoms with Crippen LogP contribution in [-0.2, 0) is 24.0 Å².